The van der Waals surface area contributed by atoms with Gasteiger partial charge in [0.1, 0.15) is 11.8 Å². The standard InChI is InChI=1S/C16H17ClN2O2/c17-14-9-21-15-6-11(1-2-13(14)15)16(20)18-12-5-10-3-4-19(7-10)8-12/h1-2,6,9-10,12H,3-5,7-8H2,(H,18,20)/t10-,12+/m0/s1. The number of hydrogen-bond donors (Lipinski definition) is 1. The van der Waals surface area contributed by atoms with Crippen LogP contribution in [0, 0.1) is 5.92 Å². The minimum atomic E-state index is -0.0306. The molecule has 0 saturated carbocycles. The average Bonchev–Trinajstić information content (AvgIpc) is 3.02. The number of rotatable bonds is 2. The van der Waals surface area contributed by atoms with Gasteiger partial charge >= 0.3 is 0 Å². The van der Waals surface area contributed by atoms with Crippen molar-refractivity contribution in [3.8, 4) is 0 Å². The van der Waals surface area contributed by atoms with Crippen LogP contribution in [0.2, 0.25) is 5.02 Å². The lowest BCUT2D eigenvalue weighted by molar-refractivity contribution is 0.0909. The van der Waals surface area contributed by atoms with Gasteiger partial charge in [-0.15, -0.1) is 0 Å². The monoisotopic (exact) mass is 304 g/mol. The summed E-state index contributed by atoms with van der Waals surface area (Å²) in [6.07, 6.45) is 3.86. The van der Waals surface area contributed by atoms with Crippen LogP contribution in [0.4, 0.5) is 0 Å². The molecule has 1 aromatic heterocycles. The average molecular weight is 305 g/mol. The zero-order valence-electron chi connectivity index (χ0n) is 11.6. The predicted octanol–water partition coefficient (Wildman–Crippen LogP) is 2.91. The van der Waals surface area contributed by atoms with Crippen LogP contribution in [0.15, 0.2) is 28.9 Å². The highest BCUT2D eigenvalue weighted by molar-refractivity contribution is 6.35. The zero-order chi connectivity index (χ0) is 14.4. The molecule has 1 amide bonds. The molecule has 3 heterocycles. The van der Waals surface area contributed by atoms with Gasteiger partial charge in [0, 0.05) is 30.1 Å². The molecule has 0 spiro atoms. The van der Waals surface area contributed by atoms with Crippen molar-refractivity contribution >= 4 is 28.5 Å². The highest BCUT2D eigenvalue weighted by Crippen LogP contribution is 2.28. The largest absolute Gasteiger partial charge is 0.463 e. The van der Waals surface area contributed by atoms with Crippen molar-refractivity contribution < 1.29 is 9.21 Å². The van der Waals surface area contributed by atoms with Gasteiger partial charge in [-0.25, -0.2) is 0 Å². The lowest BCUT2D eigenvalue weighted by atomic mass is 9.96. The maximum Gasteiger partial charge on any atom is 0.251 e. The Morgan fingerprint density at radius 1 is 1.38 bits per heavy atom. The normalized spacial score (nSPS) is 28.0. The summed E-state index contributed by atoms with van der Waals surface area (Å²) in [5.74, 6) is 0.715. The van der Waals surface area contributed by atoms with Crippen LogP contribution < -0.4 is 5.32 Å². The molecule has 0 aliphatic carbocycles. The third-order valence-corrected chi connectivity index (χ3v) is 4.88. The first-order valence-electron chi connectivity index (χ1n) is 7.39. The van der Waals surface area contributed by atoms with Crippen molar-refractivity contribution in [1.82, 2.24) is 10.2 Å². The van der Waals surface area contributed by atoms with E-state index in [1.165, 1.54) is 25.8 Å². The highest BCUT2D eigenvalue weighted by atomic mass is 35.5. The molecule has 2 aliphatic rings. The molecule has 1 N–H and O–H groups in total. The van der Waals surface area contributed by atoms with Gasteiger partial charge < -0.3 is 14.6 Å². The summed E-state index contributed by atoms with van der Waals surface area (Å²) in [6, 6.07) is 5.66. The highest BCUT2D eigenvalue weighted by Gasteiger charge is 2.32. The predicted molar refractivity (Wildman–Crippen MR) is 81.6 cm³/mol. The first-order chi connectivity index (χ1) is 10.2. The Hall–Kier alpha value is -1.52. The van der Waals surface area contributed by atoms with Gasteiger partial charge in [0.2, 0.25) is 0 Å². The molecule has 2 fully saturated rings. The maximum absolute atomic E-state index is 12.4. The number of amides is 1. The van der Waals surface area contributed by atoms with Crippen molar-refractivity contribution in [2.24, 2.45) is 5.92 Å². The van der Waals surface area contributed by atoms with Crippen LogP contribution in [-0.4, -0.2) is 36.5 Å². The van der Waals surface area contributed by atoms with E-state index in [1.54, 1.807) is 12.1 Å². The quantitative estimate of drug-likeness (QED) is 0.928. The van der Waals surface area contributed by atoms with E-state index in [1.807, 2.05) is 6.07 Å². The van der Waals surface area contributed by atoms with Crippen LogP contribution in [0.25, 0.3) is 11.0 Å². The smallest absolute Gasteiger partial charge is 0.251 e. The van der Waals surface area contributed by atoms with E-state index in [0.29, 0.717) is 16.2 Å². The lowest BCUT2D eigenvalue weighted by Gasteiger charge is -2.30. The summed E-state index contributed by atoms with van der Waals surface area (Å²) in [5, 5.41) is 4.57. The van der Waals surface area contributed by atoms with Gasteiger partial charge in [-0.05, 0) is 43.5 Å². The van der Waals surface area contributed by atoms with E-state index >= 15 is 0 Å². The summed E-state index contributed by atoms with van der Waals surface area (Å²) in [7, 11) is 0. The molecule has 4 rings (SSSR count). The number of carbonyl (C=O) groups is 1. The number of furan rings is 1. The summed E-state index contributed by atoms with van der Waals surface area (Å²) >= 11 is 6.00. The molecule has 3 atom stereocenters. The van der Waals surface area contributed by atoms with Gasteiger partial charge in [0.05, 0.1) is 5.02 Å². The van der Waals surface area contributed by atoms with E-state index in [2.05, 4.69) is 10.2 Å². The number of piperidine rings is 1. The molecule has 1 unspecified atom stereocenters. The summed E-state index contributed by atoms with van der Waals surface area (Å²) in [6.45, 7) is 3.34. The molecule has 4 nitrogen and oxygen atoms in total. The summed E-state index contributed by atoms with van der Waals surface area (Å²) in [5.41, 5.74) is 1.28. The Labute approximate surface area is 128 Å². The van der Waals surface area contributed by atoms with Crippen molar-refractivity contribution in [2.75, 3.05) is 19.6 Å². The number of benzene rings is 1. The number of carbonyl (C=O) groups excluding carboxylic acids is 1. The van der Waals surface area contributed by atoms with Crippen molar-refractivity contribution in [1.29, 1.82) is 0 Å². The Morgan fingerprint density at radius 3 is 3.14 bits per heavy atom. The maximum atomic E-state index is 12.4. The minimum absolute atomic E-state index is 0.0306. The van der Waals surface area contributed by atoms with Crippen LogP contribution in [0.3, 0.4) is 0 Å². The number of hydrogen-bond acceptors (Lipinski definition) is 3. The van der Waals surface area contributed by atoms with Gasteiger partial charge in [-0.2, -0.15) is 0 Å². The number of nitrogens with one attached hydrogen (secondary N) is 1. The Kier molecular flexibility index (Phi) is 3.16. The fourth-order valence-electron chi connectivity index (χ4n) is 3.57. The molecular weight excluding hydrogens is 288 g/mol. The second-order valence-electron chi connectivity index (χ2n) is 6.11. The third-order valence-electron chi connectivity index (χ3n) is 4.59. The number of halogens is 1. The van der Waals surface area contributed by atoms with E-state index < -0.39 is 0 Å². The molecule has 2 saturated heterocycles. The van der Waals surface area contributed by atoms with Crippen LogP contribution >= 0.6 is 11.6 Å². The van der Waals surface area contributed by atoms with E-state index in [4.69, 9.17) is 16.0 Å². The summed E-state index contributed by atoms with van der Waals surface area (Å²) < 4.78 is 5.35. The molecular formula is C16H17ClN2O2. The van der Waals surface area contributed by atoms with Gasteiger partial charge in [-0.3, -0.25) is 4.79 Å². The molecule has 110 valence electrons. The second-order valence-corrected chi connectivity index (χ2v) is 6.52. The topological polar surface area (TPSA) is 45.5 Å². The first-order valence-corrected chi connectivity index (χ1v) is 7.77. The van der Waals surface area contributed by atoms with E-state index in [9.17, 15) is 4.79 Å². The fourth-order valence-corrected chi connectivity index (χ4v) is 3.77. The lowest BCUT2D eigenvalue weighted by Crippen LogP contribution is -2.47. The molecule has 2 bridgehead atoms. The van der Waals surface area contributed by atoms with Crippen molar-refractivity contribution in [2.45, 2.75) is 18.9 Å². The SMILES string of the molecule is O=C(N[C@@H]1C[C@@H]2CCN(C2)C1)c1ccc2c(Cl)coc2c1. The first kappa shape index (κ1) is 13.2. The fraction of sp³-hybridized carbons (Fsp3) is 0.438. The second kappa shape index (κ2) is 5.04. The third kappa shape index (κ3) is 2.43. The Balaban J connectivity index is 1.50. The van der Waals surface area contributed by atoms with Crippen molar-refractivity contribution in [3.63, 3.8) is 0 Å². The number of fused-ring (bicyclic) bond motifs is 3. The molecule has 2 aromatic rings. The molecule has 1 aromatic carbocycles. The van der Waals surface area contributed by atoms with Crippen LogP contribution in [-0.2, 0) is 0 Å². The zero-order valence-corrected chi connectivity index (χ0v) is 12.4. The van der Waals surface area contributed by atoms with E-state index in [-0.39, 0.29) is 11.9 Å². The Bertz CT molecular complexity index is 685. The van der Waals surface area contributed by atoms with E-state index in [0.717, 1.165) is 24.3 Å². The molecule has 5 heteroatoms. The van der Waals surface area contributed by atoms with Gasteiger partial charge in [0.25, 0.3) is 5.91 Å². The number of nitrogens with zero attached hydrogens (tertiary/aromatic N) is 1. The summed E-state index contributed by atoms with van der Waals surface area (Å²) in [4.78, 5) is 14.8. The van der Waals surface area contributed by atoms with Crippen LogP contribution in [0.1, 0.15) is 23.2 Å². The molecule has 2 aliphatic heterocycles. The van der Waals surface area contributed by atoms with Gasteiger partial charge in [-0.1, -0.05) is 11.6 Å². The van der Waals surface area contributed by atoms with Crippen LogP contribution in [0.5, 0.6) is 0 Å². The molecule has 21 heavy (non-hydrogen) atoms. The van der Waals surface area contributed by atoms with Gasteiger partial charge in [0.15, 0.2) is 0 Å². The molecule has 0 radical (unpaired) electrons. The minimum Gasteiger partial charge on any atom is -0.463 e. The van der Waals surface area contributed by atoms with Crippen molar-refractivity contribution in [3.05, 3.63) is 35.0 Å². The Morgan fingerprint density at radius 2 is 2.29 bits per heavy atom.